The van der Waals surface area contributed by atoms with Gasteiger partial charge in [0.15, 0.2) is 0 Å². The fourth-order valence-corrected chi connectivity index (χ4v) is 3.11. The zero-order valence-electron chi connectivity index (χ0n) is 15.0. The summed E-state index contributed by atoms with van der Waals surface area (Å²) in [7, 11) is 0.265. The first-order valence-corrected chi connectivity index (χ1v) is 9.81. The van der Waals surface area contributed by atoms with Gasteiger partial charge in [0.2, 0.25) is 15.9 Å². The smallest absolute Gasteiger partial charge is 0.326 e. The van der Waals surface area contributed by atoms with Crippen LogP contribution in [0.2, 0.25) is 0 Å². The van der Waals surface area contributed by atoms with Gasteiger partial charge in [-0.15, -0.1) is 0 Å². The molecule has 0 atom stereocenters. The van der Waals surface area contributed by atoms with Crippen LogP contribution in [0.5, 0.6) is 0 Å². The Kier molecular flexibility index (Phi) is 8.04. The lowest BCUT2D eigenvalue weighted by atomic mass is 10.2. The summed E-state index contributed by atoms with van der Waals surface area (Å²) in [5.41, 5.74) is -0.847. The summed E-state index contributed by atoms with van der Waals surface area (Å²) in [5, 5.41) is 2.37. The number of anilines is 1. The van der Waals surface area contributed by atoms with Crippen LogP contribution < -0.4 is 5.32 Å². The molecular weight excluding hydrogens is 371 g/mol. The van der Waals surface area contributed by atoms with Crippen molar-refractivity contribution >= 4 is 21.6 Å². The van der Waals surface area contributed by atoms with Crippen molar-refractivity contribution in [2.75, 3.05) is 45.3 Å². The van der Waals surface area contributed by atoms with Gasteiger partial charge in [0, 0.05) is 25.2 Å². The summed E-state index contributed by atoms with van der Waals surface area (Å²) in [4.78, 5) is 13.9. The van der Waals surface area contributed by atoms with Gasteiger partial charge in [0.05, 0.1) is 11.8 Å². The highest BCUT2D eigenvalue weighted by Crippen LogP contribution is 2.30. The molecule has 1 aromatic carbocycles. The molecule has 26 heavy (non-hydrogen) atoms. The van der Waals surface area contributed by atoms with Crippen molar-refractivity contribution in [1.29, 1.82) is 0 Å². The Labute approximate surface area is 152 Å². The van der Waals surface area contributed by atoms with Crippen LogP contribution in [-0.4, -0.2) is 63.5 Å². The highest BCUT2D eigenvalue weighted by molar-refractivity contribution is 7.88. The number of alkyl halides is 3. The highest BCUT2D eigenvalue weighted by atomic mass is 32.2. The molecule has 0 aliphatic carbocycles. The molecule has 10 heteroatoms. The predicted molar refractivity (Wildman–Crippen MR) is 94.3 cm³/mol. The van der Waals surface area contributed by atoms with Crippen molar-refractivity contribution in [2.24, 2.45) is 0 Å². The second kappa shape index (κ2) is 9.33. The van der Waals surface area contributed by atoms with Gasteiger partial charge in [-0.25, -0.2) is 12.7 Å². The molecule has 0 fully saturated rings. The molecule has 0 heterocycles. The van der Waals surface area contributed by atoms with E-state index in [9.17, 15) is 26.4 Å². The molecule has 0 bridgehead atoms. The van der Waals surface area contributed by atoms with Crippen LogP contribution in [0.4, 0.5) is 18.9 Å². The summed E-state index contributed by atoms with van der Waals surface area (Å²) in [5.74, 6) is -0.550. The molecule has 1 N–H and O–H groups in total. The molecule has 0 saturated carbocycles. The molecule has 0 aliphatic rings. The van der Waals surface area contributed by atoms with Gasteiger partial charge in [-0.3, -0.25) is 4.79 Å². The molecule has 0 saturated heterocycles. The fraction of sp³-hybridized carbons (Fsp3) is 0.562. The molecule has 0 radical (unpaired) electrons. The molecule has 6 nitrogen and oxygen atoms in total. The maximum Gasteiger partial charge on any atom is 0.416 e. The Hall–Kier alpha value is -1.65. The van der Waals surface area contributed by atoms with Gasteiger partial charge in [0.25, 0.3) is 0 Å². The number of sulfonamides is 1. The number of rotatable bonds is 9. The number of carbonyl (C=O) groups is 1. The van der Waals surface area contributed by atoms with Gasteiger partial charge in [-0.2, -0.15) is 13.2 Å². The molecular formula is C16H24F3N3O3S. The first-order chi connectivity index (χ1) is 11.9. The zero-order chi connectivity index (χ0) is 20.0. The summed E-state index contributed by atoms with van der Waals surface area (Å²) in [6.45, 7) is 0.938. The van der Waals surface area contributed by atoms with E-state index in [1.54, 1.807) is 0 Å². The quantitative estimate of drug-likeness (QED) is 0.696. The average molecular weight is 395 g/mol. The second-order valence-electron chi connectivity index (χ2n) is 6.20. The van der Waals surface area contributed by atoms with Crippen molar-refractivity contribution in [3.8, 4) is 0 Å². The van der Waals surface area contributed by atoms with Crippen LogP contribution in [0.1, 0.15) is 18.4 Å². The van der Waals surface area contributed by atoms with Crippen molar-refractivity contribution in [3.63, 3.8) is 0 Å². The van der Waals surface area contributed by atoms with Crippen LogP contribution in [0.15, 0.2) is 24.3 Å². The van der Waals surface area contributed by atoms with Gasteiger partial charge < -0.3 is 10.2 Å². The van der Waals surface area contributed by atoms with Crippen LogP contribution in [0, 0.1) is 0 Å². The minimum Gasteiger partial charge on any atom is -0.326 e. The molecule has 0 aliphatic heterocycles. The Morgan fingerprint density at radius 2 is 1.81 bits per heavy atom. The summed E-state index contributed by atoms with van der Waals surface area (Å²) in [6, 6.07) is 4.29. The zero-order valence-corrected chi connectivity index (χ0v) is 15.8. The highest BCUT2D eigenvalue weighted by Gasteiger charge is 2.30. The molecule has 0 aromatic heterocycles. The average Bonchev–Trinajstić information content (AvgIpc) is 2.48. The minimum absolute atomic E-state index is 0.0170. The van der Waals surface area contributed by atoms with E-state index < -0.39 is 27.7 Å². The number of benzene rings is 1. The van der Waals surface area contributed by atoms with Crippen molar-refractivity contribution in [3.05, 3.63) is 29.8 Å². The van der Waals surface area contributed by atoms with Crippen molar-refractivity contribution in [1.82, 2.24) is 9.21 Å². The molecule has 1 rings (SSSR count). The summed E-state index contributed by atoms with van der Waals surface area (Å²) >= 11 is 0. The molecule has 0 spiro atoms. The third kappa shape index (κ3) is 8.15. The molecule has 148 valence electrons. The molecule has 0 unspecified atom stereocenters. The van der Waals surface area contributed by atoms with Crippen molar-refractivity contribution < 1.29 is 26.4 Å². The van der Waals surface area contributed by atoms with Crippen LogP contribution in [0.3, 0.4) is 0 Å². The first-order valence-electron chi connectivity index (χ1n) is 7.96. The van der Waals surface area contributed by atoms with E-state index in [0.717, 1.165) is 18.4 Å². The second-order valence-corrected chi connectivity index (χ2v) is 8.18. The van der Waals surface area contributed by atoms with Crippen molar-refractivity contribution in [2.45, 2.75) is 19.0 Å². The molecule has 1 amide bonds. The fourth-order valence-electron chi connectivity index (χ4n) is 2.23. The number of carbonyl (C=O) groups excluding carboxylic acids is 1. The number of nitrogens with zero attached hydrogens (tertiary/aromatic N) is 2. The van der Waals surface area contributed by atoms with Crippen LogP contribution >= 0.6 is 0 Å². The van der Waals surface area contributed by atoms with E-state index in [0.29, 0.717) is 13.0 Å². The van der Waals surface area contributed by atoms with E-state index in [4.69, 9.17) is 0 Å². The maximum absolute atomic E-state index is 12.7. The Balaban J connectivity index is 2.63. The van der Waals surface area contributed by atoms with E-state index >= 15 is 0 Å². The monoisotopic (exact) mass is 395 g/mol. The summed E-state index contributed by atoms with van der Waals surface area (Å²) < 4.78 is 62.8. The lowest BCUT2D eigenvalue weighted by molar-refractivity contribution is -0.137. The normalized spacial score (nSPS) is 12.6. The standard InChI is InChI=1S/C16H24F3N3O3S/c1-21(2)9-5-10-22(26(3,24)25)11-8-15(23)20-14-7-4-6-13(12-14)16(17,18)19/h4,6-7,12H,5,8-11H2,1-3H3,(H,20,23). The van der Waals surface area contributed by atoms with Gasteiger partial charge in [-0.05, 0) is 45.3 Å². The van der Waals surface area contributed by atoms with E-state index in [1.165, 1.54) is 16.4 Å². The minimum atomic E-state index is -4.50. The van der Waals surface area contributed by atoms with Crippen LogP contribution in [0.25, 0.3) is 0 Å². The summed E-state index contributed by atoms with van der Waals surface area (Å²) in [6.07, 6.45) is -2.98. The van der Waals surface area contributed by atoms with Gasteiger partial charge in [-0.1, -0.05) is 6.07 Å². The first kappa shape index (κ1) is 22.4. The lowest BCUT2D eigenvalue weighted by Crippen LogP contribution is -2.35. The third-order valence-electron chi connectivity index (χ3n) is 3.54. The Bertz CT molecular complexity index is 706. The number of nitrogens with one attached hydrogen (secondary N) is 1. The van der Waals surface area contributed by atoms with E-state index in [1.807, 2.05) is 19.0 Å². The number of hydrogen-bond acceptors (Lipinski definition) is 4. The van der Waals surface area contributed by atoms with E-state index in [2.05, 4.69) is 5.32 Å². The van der Waals surface area contributed by atoms with Gasteiger partial charge >= 0.3 is 6.18 Å². The van der Waals surface area contributed by atoms with E-state index in [-0.39, 0.29) is 25.2 Å². The SMILES string of the molecule is CN(C)CCCN(CCC(=O)Nc1cccc(C(F)(F)F)c1)S(C)(=O)=O. The Morgan fingerprint density at radius 3 is 2.35 bits per heavy atom. The van der Waals surface area contributed by atoms with Gasteiger partial charge in [0.1, 0.15) is 0 Å². The largest absolute Gasteiger partial charge is 0.416 e. The number of halogens is 3. The lowest BCUT2D eigenvalue weighted by Gasteiger charge is -2.20. The molecule has 1 aromatic rings. The number of amides is 1. The van der Waals surface area contributed by atoms with Crippen LogP contribution in [-0.2, 0) is 21.0 Å². The third-order valence-corrected chi connectivity index (χ3v) is 4.85. The Morgan fingerprint density at radius 1 is 1.15 bits per heavy atom. The topological polar surface area (TPSA) is 69.7 Å². The number of hydrogen-bond donors (Lipinski definition) is 1. The predicted octanol–water partition coefficient (Wildman–Crippen LogP) is 2.25. The maximum atomic E-state index is 12.7.